The molecule has 0 radical (unpaired) electrons. The first kappa shape index (κ1) is 38.2. The van der Waals surface area contributed by atoms with E-state index in [1.165, 1.54) is 14.0 Å². The lowest BCUT2D eigenvalue weighted by molar-refractivity contribution is -0.159. The van der Waals surface area contributed by atoms with Crippen molar-refractivity contribution in [3.63, 3.8) is 0 Å². The van der Waals surface area contributed by atoms with Crippen molar-refractivity contribution in [3.05, 3.63) is 139 Å². The smallest absolute Gasteiger partial charge is 0.335 e. The fraction of sp³-hybridized carbons (Fsp3) is 0.293. The van der Waals surface area contributed by atoms with Gasteiger partial charge in [0.25, 0.3) is 14.2 Å². The molecular formula is C41H49NO6Si2. The second-order valence-electron chi connectivity index (χ2n) is 14.1. The molecule has 0 saturated carbocycles. The van der Waals surface area contributed by atoms with Gasteiger partial charge in [0.15, 0.2) is 11.6 Å². The van der Waals surface area contributed by atoms with Gasteiger partial charge in [-0.25, -0.2) is 4.79 Å². The first-order valence-corrected chi connectivity index (χ1v) is 22.0. The Kier molecular flexibility index (Phi) is 12.6. The van der Waals surface area contributed by atoms with Crippen molar-refractivity contribution in [2.24, 2.45) is 0 Å². The van der Waals surface area contributed by atoms with Gasteiger partial charge in [-0.1, -0.05) is 154 Å². The van der Waals surface area contributed by atoms with Crippen LogP contribution in [0.4, 0.5) is 0 Å². The van der Waals surface area contributed by atoms with E-state index in [2.05, 4.69) is 63.4 Å². The molecule has 0 aliphatic heterocycles. The maximum Gasteiger partial charge on any atom is 0.335 e. The molecule has 0 fully saturated rings. The first-order valence-electron chi connectivity index (χ1n) is 16.9. The Bertz CT molecular complexity index is 1700. The summed E-state index contributed by atoms with van der Waals surface area (Å²) in [6.45, 7) is 12.3. The largest absolute Gasteiger partial charge is 0.467 e. The Hall–Kier alpha value is -4.58. The van der Waals surface area contributed by atoms with E-state index in [9.17, 15) is 14.4 Å². The molecule has 1 amide bonds. The maximum atomic E-state index is 14.2. The Labute approximate surface area is 298 Å². The fourth-order valence-electron chi connectivity index (χ4n) is 6.79. The predicted molar refractivity (Wildman–Crippen MR) is 205 cm³/mol. The van der Waals surface area contributed by atoms with E-state index >= 15 is 0 Å². The van der Waals surface area contributed by atoms with Crippen molar-refractivity contribution in [2.45, 2.75) is 63.5 Å². The molecule has 4 aromatic rings. The molecular weight excluding hydrogens is 659 g/mol. The molecule has 0 aliphatic rings. The third-order valence-corrected chi connectivity index (χ3v) is 17.4. The van der Waals surface area contributed by atoms with Gasteiger partial charge in [-0.05, 0) is 39.7 Å². The number of nitrogens with one attached hydrogen (secondary N) is 1. The van der Waals surface area contributed by atoms with Gasteiger partial charge in [0.05, 0.1) is 21.8 Å². The molecule has 262 valence electrons. The number of amides is 1. The van der Waals surface area contributed by atoms with Crippen LogP contribution in [0.5, 0.6) is 0 Å². The van der Waals surface area contributed by atoms with Gasteiger partial charge in [-0.3, -0.25) is 9.59 Å². The van der Waals surface area contributed by atoms with Crippen LogP contribution in [-0.2, 0) is 23.5 Å². The summed E-state index contributed by atoms with van der Waals surface area (Å²) in [5, 5.41) is 6.08. The standard InChI is InChI=1S/C41H49NO6Si2/c1-32(43)48-37(29-20-30-47-50(40(2,3)4,35-25-16-10-17-26-35)36-27-18-11-19-28-36)41(39(45)46-5,42-38(44)33-21-12-8-13-22-33)31-49(6,7)34-23-14-9-15-24-34/h8-29,37H,30-31H2,1-7H3,(H,42,44)/b29-20+/t37-,41-/m1/s1. The Morgan fingerprint density at radius 2 is 1.20 bits per heavy atom. The highest BCUT2D eigenvalue weighted by molar-refractivity contribution is 6.99. The first-order chi connectivity index (χ1) is 23.8. The van der Waals surface area contributed by atoms with Crippen LogP contribution in [0.1, 0.15) is 38.1 Å². The zero-order valence-corrected chi connectivity index (χ0v) is 32.1. The van der Waals surface area contributed by atoms with Crippen molar-refractivity contribution in [1.29, 1.82) is 0 Å². The normalized spacial score (nSPS) is 14.0. The van der Waals surface area contributed by atoms with Crippen molar-refractivity contribution >= 4 is 49.8 Å². The van der Waals surface area contributed by atoms with E-state index < -0.39 is 45.9 Å². The Balaban J connectivity index is 1.82. The molecule has 0 saturated heterocycles. The molecule has 1 N–H and O–H groups in total. The number of carbonyl (C=O) groups excluding carboxylic acids is 3. The number of ether oxygens (including phenoxy) is 2. The third kappa shape index (κ3) is 8.58. The molecule has 0 bridgehead atoms. The average Bonchev–Trinajstić information content (AvgIpc) is 3.11. The van der Waals surface area contributed by atoms with Gasteiger partial charge in [-0.2, -0.15) is 0 Å². The molecule has 7 nitrogen and oxygen atoms in total. The molecule has 50 heavy (non-hydrogen) atoms. The molecule has 0 spiro atoms. The quantitative estimate of drug-likeness (QED) is 0.0982. The van der Waals surface area contributed by atoms with Crippen LogP contribution in [0.2, 0.25) is 24.2 Å². The van der Waals surface area contributed by atoms with Gasteiger partial charge < -0.3 is 19.2 Å². The van der Waals surface area contributed by atoms with E-state index in [-0.39, 0.29) is 17.7 Å². The molecule has 4 rings (SSSR count). The highest BCUT2D eigenvalue weighted by Crippen LogP contribution is 2.37. The Morgan fingerprint density at radius 1 is 0.740 bits per heavy atom. The summed E-state index contributed by atoms with van der Waals surface area (Å²) in [5.41, 5.74) is -1.40. The highest BCUT2D eigenvalue weighted by atomic mass is 28.4. The van der Waals surface area contributed by atoms with Crippen LogP contribution in [0.15, 0.2) is 133 Å². The second-order valence-corrected chi connectivity index (χ2v) is 23.1. The van der Waals surface area contributed by atoms with Gasteiger partial charge in [0.1, 0.15) is 0 Å². The molecule has 2 atom stereocenters. The van der Waals surface area contributed by atoms with E-state index in [0.29, 0.717) is 5.56 Å². The summed E-state index contributed by atoms with van der Waals surface area (Å²) in [6.07, 6.45) is 2.24. The third-order valence-electron chi connectivity index (χ3n) is 9.10. The molecule has 0 heterocycles. The minimum absolute atomic E-state index is 0.161. The SMILES string of the molecule is COC(=O)[C@](C[Si](C)(C)c1ccccc1)(NC(=O)c1ccccc1)[C@@H](/C=C/CO[Si](c1ccccc1)(c1ccccc1)C(C)(C)C)OC(C)=O. The van der Waals surface area contributed by atoms with Crippen LogP contribution < -0.4 is 20.9 Å². The van der Waals surface area contributed by atoms with E-state index in [4.69, 9.17) is 13.9 Å². The zero-order valence-electron chi connectivity index (χ0n) is 30.1. The summed E-state index contributed by atoms with van der Waals surface area (Å²) >= 11 is 0. The van der Waals surface area contributed by atoms with Crippen molar-refractivity contribution in [3.8, 4) is 0 Å². The number of esters is 2. The van der Waals surface area contributed by atoms with E-state index in [1.807, 2.05) is 72.8 Å². The van der Waals surface area contributed by atoms with Crippen molar-refractivity contribution in [1.82, 2.24) is 5.32 Å². The number of methoxy groups -OCH3 is 1. The highest BCUT2D eigenvalue weighted by Gasteiger charge is 2.54. The molecule has 0 aliphatic carbocycles. The monoisotopic (exact) mass is 707 g/mol. The zero-order chi connectivity index (χ0) is 36.4. The van der Waals surface area contributed by atoms with Crippen LogP contribution in [0.25, 0.3) is 0 Å². The maximum absolute atomic E-state index is 14.2. The summed E-state index contributed by atoms with van der Waals surface area (Å²) in [7, 11) is -4.14. The molecule has 9 heteroatoms. The second kappa shape index (κ2) is 16.4. The Morgan fingerprint density at radius 3 is 1.64 bits per heavy atom. The number of hydrogen-bond donors (Lipinski definition) is 1. The van der Waals surface area contributed by atoms with Gasteiger partial charge in [-0.15, -0.1) is 0 Å². The van der Waals surface area contributed by atoms with E-state index in [1.54, 1.807) is 36.4 Å². The fourth-order valence-corrected chi connectivity index (χ4v) is 14.4. The minimum Gasteiger partial charge on any atom is -0.467 e. The number of hydrogen-bond acceptors (Lipinski definition) is 6. The topological polar surface area (TPSA) is 90.9 Å². The van der Waals surface area contributed by atoms with Crippen LogP contribution in [-0.4, -0.2) is 59.6 Å². The predicted octanol–water partition coefficient (Wildman–Crippen LogP) is 6.01. The van der Waals surface area contributed by atoms with Crippen LogP contribution >= 0.6 is 0 Å². The van der Waals surface area contributed by atoms with Crippen LogP contribution in [0, 0.1) is 0 Å². The number of carbonyl (C=O) groups is 3. The molecule has 0 aromatic heterocycles. The number of rotatable bonds is 14. The summed E-state index contributed by atoms with van der Waals surface area (Å²) in [5.74, 6) is -1.79. The van der Waals surface area contributed by atoms with Crippen molar-refractivity contribution < 1.29 is 28.3 Å². The minimum atomic E-state index is -2.89. The summed E-state index contributed by atoms with van der Waals surface area (Å²) in [6, 6.07) is 39.3. The lowest BCUT2D eigenvalue weighted by atomic mass is 9.92. The summed E-state index contributed by atoms with van der Waals surface area (Å²) < 4.78 is 18.5. The van der Waals surface area contributed by atoms with Gasteiger partial charge in [0.2, 0.25) is 0 Å². The molecule has 4 aromatic carbocycles. The lowest BCUT2D eigenvalue weighted by Crippen LogP contribution is -2.67. The average molecular weight is 708 g/mol. The van der Waals surface area contributed by atoms with Gasteiger partial charge in [0, 0.05) is 12.5 Å². The summed E-state index contributed by atoms with van der Waals surface area (Å²) in [4.78, 5) is 40.8. The molecule has 0 unspecified atom stereocenters. The van der Waals surface area contributed by atoms with Crippen molar-refractivity contribution in [2.75, 3.05) is 13.7 Å². The number of benzene rings is 4. The lowest BCUT2D eigenvalue weighted by Gasteiger charge is -2.43. The van der Waals surface area contributed by atoms with Crippen LogP contribution in [0.3, 0.4) is 0 Å². The van der Waals surface area contributed by atoms with Gasteiger partial charge >= 0.3 is 11.9 Å². The van der Waals surface area contributed by atoms with E-state index in [0.717, 1.165) is 15.6 Å².